The molecule has 39 heavy (non-hydrogen) atoms. The van der Waals surface area contributed by atoms with E-state index in [0.717, 1.165) is 12.8 Å². The standard InChI is InChI=1S/C27H31FN6O5/c1-33(2)23(35)8-4-3-6-20(32-27(38)39)25(36)31-21-7-5-11-34(26(21)37)15-17-13-22-24(30-17)18(12-16-9-10-16)19(28)14-29-22/h4-5,7-8,11,13-14,16,20,30,32H,3,6,9-10,12,15H2,1-2H3,(H,31,36)(H,38,39)/b8-4+. The van der Waals surface area contributed by atoms with Gasteiger partial charge < -0.3 is 30.2 Å². The molecular formula is C27H31FN6O5. The fraction of sp³-hybridized carbons (Fsp3) is 0.370. The van der Waals surface area contributed by atoms with E-state index in [0.29, 0.717) is 34.6 Å². The van der Waals surface area contributed by atoms with Gasteiger partial charge in [-0.05, 0) is 62.3 Å². The number of amides is 3. The van der Waals surface area contributed by atoms with Crippen molar-refractivity contribution in [1.82, 2.24) is 24.8 Å². The van der Waals surface area contributed by atoms with Crippen LogP contribution in [0.5, 0.6) is 0 Å². The highest BCUT2D eigenvalue weighted by molar-refractivity contribution is 5.96. The maximum absolute atomic E-state index is 14.5. The molecule has 0 radical (unpaired) electrons. The molecule has 4 rings (SSSR count). The van der Waals surface area contributed by atoms with Crippen molar-refractivity contribution in [1.29, 1.82) is 0 Å². The monoisotopic (exact) mass is 538 g/mol. The summed E-state index contributed by atoms with van der Waals surface area (Å²) in [5.41, 5.74) is 1.97. The van der Waals surface area contributed by atoms with Crippen molar-refractivity contribution >= 4 is 34.6 Å². The number of aromatic amines is 1. The van der Waals surface area contributed by atoms with Gasteiger partial charge in [0.15, 0.2) is 0 Å². The van der Waals surface area contributed by atoms with E-state index < -0.39 is 23.6 Å². The highest BCUT2D eigenvalue weighted by atomic mass is 19.1. The molecule has 0 saturated heterocycles. The number of allylic oxidation sites excluding steroid dienone is 1. The van der Waals surface area contributed by atoms with Gasteiger partial charge in [0.1, 0.15) is 17.5 Å². The zero-order valence-electron chi connectivity index (χ0n) is 21.7. The number of carbonyl (C=O) groups excluding carboxylic acids is 2. The average Bonchev–Trinajstić information content (AvgIpc) is 3.61. The smallest absolute Gasteiger partial charge is 0.405 e. The third kappa shape index (κ3) is 7.09. The van der Waals surface area contributed by atoms with E-state index >= 15 is 0 Å². The molecule has 0 bridgehead atoms. The van der Waals surface area contributed by atoms with Gasteiger partial charge >= 0.3 is 6.09 Å². The molecule has 0 aromatic carbocycles. The molecule has 0 spiro atoms. The van der Waals surface area contributed by atoms with Crippen LogP contribution in [0.4, 0.5) is 14.9 Å². The summed E-state index contributed by atoms with van der Waals surface area (Å²) >= 11 is 0. The molecule has 3 aromatic rings. The van der Waals surface area contributed by atoms with E-state index in [4.69, 9.17) is 5.11 Å². The minimum atomic E-state index is -1.39. The number of hydrogen-bond acceptors (Lipinski definition) is 5. The summed E-state index contributed by atoms with van der Waals surface area (Å²) in [6.07, 6.45) is 7.43. The number of fused-ring (bicyclic) bond motifs is 1. The van der Waals surface area contributed by atoms with E-state index in [-0.39, 0.29) is 36.8 Å². The number of aromatic nitrogens is 3. The lowest BCUT2D eigenvalue weighted by Crippen LogP contribution is -2.44. The Bertz CT molecular complexity index is 1470. The minimum absolute atomic E-state index is 0.0206. The summed E-state index contributed by atoms with van der Waals surface area (Å²) in [6.45, 7) is 0.130. The Balaban J connectivity index is 1.47. The highest BCUT2D eigenvalue weighted by Crippen LogP contribution is 2.35. The Kier molecular flexibility index (Phi) is 8.43. The Morgan fingerprint density at radius 2 is 2.10 bits per heavy atom. The van der Waals surface area contributed by atoms with Gasteiger partial charge in [-0.15, -0.1) is 0 Å². The van der Waals surface area contributed by atoms with Crippen molar-refractivity contribution in [2.24, 2.45) is 5.92 Å². The normalized spacial score (nSPS) is 13.9. The molecule has 4 N–H and O–H groups in total. The van der Waals surface area contributed by atoms with E-state index in [1.807, 2.05) is 0 Å². The number of hydrogen-bond donors (Lipinski definition) is 4. The summed E-state index contributed by atoms with van der Waals surface area (Å²) in [5.74, 6) is -0.804. The molecule has 3 aromatic heterocycles. The number of nitrogens with one attached hydrogen (secondary N) is 3. The van der Waals surface area contributed by atoms with Crippen LogP contribution in [-0.4, -0.2) is 62.6 Å². The lowest BCUT2D eigenvalue weighted by Gasteiger charge is -2.16. The number of rotatable bonds is 11. The van der Waals surface area contributed by atoms with Crippen LogP contribution in [0.25, 0.3) is 11.0 Å². The molecule has 1 aliphatic carbocycles. The number of pyridine rings is 2. The van der Waals surface area contributed by atoms with Crippen LogP contribution < -0.4 is 16.2 Å². The lowest BCUT2D eigenvalue weighted by atomic mass is 10.1. The number of nitrogens with zero attached hydrogens (tertiary/aromatic N) is 3. The molecule has 11 nitrogen and oxygen atoms in total. The summed E-state index contributed by atoms with van der Waals surface area (Å²) < 4.78 is 15.8. The number of anilines is 1. The SMILES string of the molecule is CN(C)C(=O)/C=C/CCC(NC(=O)O)C(=O)Nc1cccn(Cc2cc3ncc(F)c(CC4CC4)c3[nH]2)c1=O. The predicted molar refractivity (Wildman–Crippen MR) is 143 cm³/mol. The first kappa shape index (κ1) is 27.6. The van der Waals surface area contributed by atoms with E-state index in [2.05, 4.69) is 20.6 Å². The van der Waals surface area contributed by atoms with E-state index in [1.54, 1.807) is 38.5 Å². The molecular weight excluding hydrogens is 507 g/mol. The second-order valence-electron chi connectivity index (χ2n) is 9.85. The topological polar surface area (TPSA) is 149 Å². The fourth-order valence-electron chi connectivity index (χ4n) is 4.22. The maximum Gasteiger partial charge on any atom is 0.405 e. The van der Waals surface area contributed by atoms with Crippen LogP contribution in [0, 0.1) is 11.7 Å². The molecule has 206 valence electrons. The van der Waals surface area contributed by atoms with Gasteiger partial charge in [0.25, 0.3) is 5.56 Å². The third-order valence-corrected chi connectivity index (χ3v) is 6.51. The van der Waals surface area contributed by atoms with Gasteiger partial charge in [-0.1, -0.05) is 6.08 Å². The highest BCUT2D eigenvalue weighted by Gasteiger charge is 2.25. The molecule has 3 amide bonds. The Morgan fingerprint density at radius 1 is 1.33 bits per heavy atom. The summed E-state index contributed by atoms with van der Waals surface area (Å²) in [6, 6.07) is 3.64. The van der Waals surface area contributed by atoms with Crippen molar-refractivity contribution in [3.8, 4) is 0 Å². The van der Waals surface area contributed by atoms with Crippen LogP contribution in [0.15, 0.2) is 47.5 Å². The molecule has 1 fully saturated rings. The summed E-state index contributed by atoms with van der Waals surface area (Å²) in [4.78, 5) is 57.6. The lowest BCUT2D eigenvalue weighted by molar-refractivity contribution is -0.123. The van der Waals surface area contributed by atoms with Crippen molar-refractivity contribution in [2.75, 3.05) is 19.4 Å². The molecule has 1 saturated carbocycles. The average molecular weight is 539 g/mol. The zero-order chi connectivity index (χ0) is 28.1. The first-order valence-corrected chi connectivity index (χ1v) is 12.6. The van der Waals surface area contributed by atoms with Gasteiger partial charge in [-0.2, -0.15) is 0 Å². The maximum atomic E-state index is 14.5. The molecule has 0 aliphatic heterocycles. The first-order valence-electron chi connectivity index (χ1n) is 12.6. The van der Waals surface area contributed by atoms with Crippen LogP contribution in [0.1, 0.15) is 36.9 Å². The summed E-state index contributed by atoms with van der Waals surface area (Å²) in [5, 5.41) is 13.8. The van der Waals surface area contributed by atoms with Crippen LogP contribution in [0.3, 0.4) is 0 Å². The van der Waals surface area contributed by atoms with Crippen LogP contribution in [-0.2, 0) is 22.6 Å². The third-order valence-electron chi connectivity index (χ3n) is 6.51. The predicted octanol–water partition coefficient (Wildman–Crippen LogP) is 2.86. The minimum Gasteiger partial charge on any atom is -0.465 e. The second kappa shape index (κ2) is 11.9. The van der Waals surface area contributed by atoms with Gasteiger partial charge in [-0.3, -0.25) is 19.4 Å². The van der Waals surface area contributed by atoms with Crippen molar-refractivity contribution in [3.63, 3.8) is 0 Å². The Labute approximate surface area is 223 Å². The fourth-order valence-corrected chi connectivity index (χ4v) is 4.22. The number of carboxylic acid groups (broad SMARTS) is 1. The first-order chi connectivity index (χ1) is 18.6. The molecule has 1 atom stereocenters. The van der Waals surface area contributed by atoms with Crippen LogP contribution >= 0.6 is 0 Å². The van der Waals surface area contributed by atoms with Gasteiger partial charge in [0.05, 0.1) is 23.8 Å². The number of H-pyrrole nitrogens is 1. The summed E-state index contributed by atoms with van der Waals surface area (Å²) in [7, 11) is 3.20. The number of carbonyl (C=O) groups is 3. The molecule has 12 heteroatoms. The molecule has 1 unspecified atom stereocenters. The van der Waals surface area contributed by atoms with E-state index in [9.17, 15) is 23.6 Å². The van der Waals surface area contributed by atoms with Gasteiger partial charge in [0, 0.05) is 31.5 Å². The Morgan fingerprint density at radius 3 is 2.79 bits per heavy atom. The van der Waals surface area contributed by atoms with Crippen molar-refractivity contribution in [3.05, 3.63) is 70.2 Å². The van der Waals surface area contributed by atoms with E-state index in [1.165, 1.54) is 27.8 Å². The van der Waals surface area contributed by atoms with Crippen LogP contribution in [0.2, 0.25) is 0 Å². The van der Waals surface area contributed by atoms with Crippen molar-refractivity contribution < 1.29 is 23.9 Å². The largest absolute Gasteiger partial charge is 0.465 e. The van der Waals surface area contributed by atoms with Crippen molar-refractivity contribution in [2.45, 2.75) is 44.7 Å². The molecule has 1 aliphatic rings. The van der Waals surface area contributed by atoms with Gasteiger partial charge in [0.2, 0.25) is 11.8 Å². The van der Waals surface area contributed by atoms with Gasteiger partial charge in [-0.25, -0.2) is 9.18 Å². The second-order valence-corrected chi connectivity index (χ2v) is 9.85. The quantitative estimate of drug-likeness (QED) is 0.276. The zero-order valence-corrected chi connectivity index (χ0v) is 21.7. The number of halogens is 1. The number of likely N-dealkylation sites (N-methyl/N-ethyl adjacent to an activating group) is 1. The molecule has 3 heterocycles. The Hall–Kier alpha value is -4.48.